The predicted octanol–water partition coefficient (Wildman–Crippen LogP) is -0.277. The van der Waals surface area contributed by atoms with Crippen LogP contribution in [0, 0.1) is 0 Å². The van der Waals surface area contributed by atoms with E-state index in [1.807, 2.05) is 4.90 Å². The molecule has 1 aliphatic heterocycles. The Bertz CT molecular complexity index is 155. The van der Waals surface area contributed by atoms with E-state index in [1.165, 1.54) is 0 Å². The summed E-state index contributed by atoms with van der Waals surface area (Å²) in [4.78, 5) is 13.4. The molecule has 1 saturated heterocycles. The lowest BCUT2D eigenvalue weighted by Crippen LogP contribution is -2.43. The van der Waals surface area contributed by atoms with E-state index in [4.69, 9.17) is 4.74 Å². The van der Waals surface area contributed by atoms with Gasteiger partial charge in [0.25, 0.3) is 5.91 Å². The Kier molecular flexibility index (Phi) is 3.88. The van der Waals surface area contributed by atoms with Crippen LogP contribution in [-0.2, 0) is 20.4 Å². The van der Waals surface area contributed by atoms with Crippen LogP contribution in [0.25, 0.3) is 0 Å². The molecule has 1 amide bonds. The van der Waals surface area contributed by atoms with Crippen molar-refractivity contribution in [2.24, 2.45) is 0 Å². The van der Waals surface area contributed by atoms with Crippen LogP contribution >= 0.6 is 0 Å². The quantitative estimate of drug-likeness (QED) is 0.561. The lowest BCUT2D eigenvalue weighted by molar-refractivity contribution is -0.132. The van der Waals surface area contributed by atoms with Crippen LogP contribution in [0.5, 0.6) is 0 Å². The van der Waals surface area contributed by atoms with Crippen molar-refractivity contribution in [2.45, 2.75) is 0 Å². The van der Waals surface area contributed by atoms with E-state index in [9.17, 15) is 4.79 Å². The number of nitrogens with zero attached hydrogens (tertiary/aromatic N) is 1. The molecule has 0 N–H and O–H groups in total. The zero-order valence-electron chi connectivity index (χ0n) is 7.71. The van der Waals surface area contributed by atoms with Crippen molar-refractivity contribution < 1.29 is 9.53 Å². The monoisotopic (exact) mass is 190 g/mol. The Morgan fingerprint density at radius 3 is 2.50 bits per heavy atom. The van der Waals surface area contributed by atoms with E-state index >= 15 is 0 Å². The van der Waals surface area contributed by atoms with Crippen LogP contribution in [-0.4, -0.2) is 55.4 Å². The highest BCUT2D eigenvalue weighted by Gasteiger charge is 2.20. The second kappa shape index (κ2) is 4.72. The Balaban J connectivity index is 2.30. The molecule has 0 bridgehead atoms. The first-order valence-corrected chi connectivity index (χ1v) is 6.31. The maximum absolute atomic E-state index is 11.5. The van der Waals surface area contributed by atoms with Crippen molar-refractivity contribution >= 4 is 16.8 Å². The highest BCUT2D eigenvalue weighted by molar-refractivity contribution is 7.96. The van der Waals surface area contributed by atoms with Gasteiger partial charge < -0.3 is 9.64 Å². The number of hydrogen-bond acceptors (Lipinski definition) is 2. The first-order valence-electron chi connectivity index (χ1n) is 4.10. The van der Waals surface area contributed by atoms with Gasteiger partial charge in [-0.05, 0) is 10.9 Å². The third-order valence-corrected chi connectivity index (χ3v) is 2.60. The summed E-state index contributed by atoms with van der Waals surface area (Å²) in [6.45, 7) is 2.95. The van der Waals surface area contributed by atoms with E-state index in [1.54, 1.807) is 0 Å². The van der Waals surface area contributed by atoms with Crippen LogP contribution < -0.4 is 0 Å². The molecule has 0 unspecified atom stereocenters. The smallest absolute Gasteiger partial charge is 0.272 e. The van der Waals surface area contributed by atoms with Gasteiger partial charge in [0.2, 0.25) is 0 Å². The van der Waals surface area contributed by atoms with Gasteiger partial charge in [0.15, 0.2) is 5.75 Å². The maximum Gasteiger partial charge on any atom is 0.272 e. The summed E-state index contributed by atoms with van der Waals surface area (Å²) in [5.74, 6) is 0.978. The summed E-state index contributed by atoms with van der Waals surface area (Å²) < 4.78 is 5.16. The molecule has 0 aromatic heterocycles. The summed E-state index contributed by atoms with van der Waals surface area (Å²) in [7, 11) is 0.221. The average molecular weight is 190 g/mol. The summed E-state index contributed by atoms with van der Waals surface area (Å²) in [6, 6.07) is 0. The zero-order chi connectivity index (χ0) is 8.97. The van der Waals surface area contributed by atoms with Crippen molar-refractivity contribution in [3.05, 3.63) is 0 Å². The minimum atomic E-state index is 0.221. The molecule has 1 heterocycles. The fraction of sp³-hybridized carbons (Fsp3) is 0.875. The minimum absolute atomic E-state index is 0.221. The van der Waals surface area contributed by atoms with Crippen LogP contribution in [0.2, 0.25) is 0 Å². The second-order valence-electron chi connectivity index (χ2n) is 3.12. The van der Waals surface area contributed by atoms with Gasteiger partial charge in [0.1, 0.15) is 0 Å². The number of amides is 1. The molecule has 1 fully saturated rings. The third-order valence-electron chi connectivity index (χ3n) is 1.78. The molecule has 70 valence electrons. The number of carbonyl (C=O) groups excluding carboxylic acids is 1. The van der Waals surface area contributed by atoms with Crippen LogP contribution in [0.15, 0.2) is 0 Å². The van der Waals surface area contributed by atoms with E-state index in [0.29, 0.717) is 19.0 Å². The molecule has 0 aromatic rings. The normalized spacial score (nSPS) is 18.4. The minimum Gasteiger partial charge on any atom is -0.378 e. The molecule has 0 aliphatic carbocycles. The Morgan fingerprint density at radius 1 is 1.42 bits per heavy atom. The van der Waals surface area contributed by atoms with Gasteiger partial charge in [0, 0.05) is 13.1 Å². The average Bonchev–Trinajstić information content (AvgIpc) is 2.05. The number of ether oxygens (including phenoxy) is 1. The summed E-state index contributed by atoms with van der Waals surface area (Å²) in [5, 5.41) is 0. The highest BCUT2D eigenvalue weighted by Crippen LogP contribution is 1.99. The molecular formula is C8H16NO2S+. The molecule has 0 spiro atoms. The SMILES string of the molecule is C[S+](C)CC(=O)N1CCOCC1. The zero-order valence-corrected chi connectivity index (χ0v) is 8.52. The topological polar surface area (TPSA) is 29.5 Å². The second-order valence-corrected chi connectivity index (χ2v) is 5.38. The van der Waals surface area contributed by atoms with Gasteiger partial charge in [-0.15, -0.1) is 0 Å². The molecule has 0 saturated carbocycles. The van der Waals surface area contributed by atoms with Gasteiger partial charge in [-0.1, -0.05) is 0 Å². The highest BCUT2D eigenvalue weighted by atomic mass is 32.2. The van der Waals surface area contributed by atoms with Gasteiger partial charge in [0.05, 0.1) is 25.7 Å². The van der Waals surface area contributed by atoms with Crippen molar-refractivity contribution in [2.75, 3.05) is 44.6 Å². The van der Waals surface area contributed by atoms with Crippen LogP contribution in [0.4, 0.5) is 0 Å². The molecule has 0 aromatic carbocycles. The first-order chi connectivity index (χ1) is 5.70. The maximum atomic E-state index is 11.5. The largest absolute Gasteiger partial charge is 0.378 e. The van der Waals surface area contributed by atoms with Gasteiger partial charge in [-0.3, -0.25) is 4.79 Å². The standard InChI is InChI=1S/C8H16NO2S/c1-12(2)7-8(10)9-3-5-11-6-4-9/h3-7H2,1-2H3/q+1. The summed E-state index contributed by atoms with van der Waals surface area (Å²) in [6.07, 6.45) is 4.19. The fourth-order valence-corrected chi connectivity index (χ4v) is 1.83. The van der Waals surface area contributed by atoms with Crippen molar-refractivity contribution in [1.82, 2.24) is 4.90 Å². The molecule has 1 aliphatic rings. The lowest BCUT2D eigenvalue weighted by atomic mass is 10.4. The predicted molar refractivity (Wildman–Crippen MR) is 51.5 cm³/mol. The van der Waals surface area contributed by atoms with E-state index < -0.39 is 0 Å². The molecule has 1 rings (SSSR count). The van der Waals surface area contributed by atoms with Crippen LogP contribution in [0.3, 0.4) is 0 Å². The van der Waals surface area contributed by atoms with E-state index in [-0.39, 0.29) is 16.8 Å². The third kappa shape index (κ3) is 3.03. The molecule has 12 heavy (non-hydrogen) atoms. The number of hydrogen-bond donors (Lipinski definition) is 0. The van der Waals surface area contributed by atoms with E-state index in [0.717, 1.165) is 13.1 Å². The van der Waals surface area contributed by atoms with Gasteiger partial charge in [-0.25, -0.2) is 0 Å². The number of morpholine rings is 1. The molecule has 0 atom stereocenters. The van der Waals surface area contributed by atoms with E-state index in [2.05, 4.69) is 12.5 Å². The Hall–Kier alpha value is -0.220. The Morgan fingerprint density at radius 2 is 2.00 bits per heavy atom. The number of carbonyl (C=O) groups is 1. The van der Waals surface area contributed by atoms with Crippen molar-refractivity contribution in [3.63, 3.8) is 0 Å². The molecule has 3 nitrogen and oxygen atoms in total. The lowest BCUT2D eigenvalue weighted by Gasteiger charge is -2.25. The first kappa shape index (κ1) is 9.86. The summed E-state index contributed by atoms with van der Waals surface area (Å²) in [5.41, 5.74) is 0. The molecule has 4 heteroatoms. The van der Waals surface area contributed by atoms with Gasteiger partial charge >= 0.3 is 0 Å². The molecular weight excluding hydrogens is 174 g/mol. The Labute approximate surface area is 76.4 Å². The fourth-order valence-electron chi connectivity index (χ4n) is 1.15. The van der Waals surface area contributed by atoms with Crippen LogP contribution in [0.1, 0.15) is 0 Å². The van der Waals surface area contributed by atoms with Gasteiger partial charge in [-0.2, -0.15) is 0 Å². The summed E-state index contributed by atoms with van der Waals surface area (Å²) >= 11 is 0. The molecule has 0 radical (unpaired) electrons. The van der Waals surface area contributed by atoms with Crippen molar-refractivity contribution in [3.8, 4) is 0 Å². The van der Waals surface area contributed by atoms with Crippen molar-refractivity contribution in [1.29, 1.82) is 0 Å². The number of rotatable bonds is 2.